The first-order valence-corrected chi connectivity index (χ1v) is 5.55. The van der Waals surface area contributed by atoms with Gasteiger partial charge in [0.25, 0.3) is 0 Å². The van der Waals surface area contributed by atoms with Gasteiger partial charge in [0.05, 0.1) is 4.83 Å². The zero-order valence-corrected chi connectivity index (χ0v) is 10.3. The smallest absolute Gasteiger partial charge is 0.236 e. The second-order valence-electron chi connectivity index (χ2n) is 3.44. The Balaban J connectivity index is 2.66. The van der Waals surface area contributed by atoms with E-state index in [1.54, 1.807) is 31.0 Å². The normalized spacial score (nSPS) is 12.3. The van der Waals surface area contributed by atoms with Crippen molar-refractivity contribution in [2.75, 3.05) is 7.05 Å². The largest absolute Gasteiger partial charge is 0.340 e. The van der Waals surface area contributed by atoms with Crippen molar-refractivity contribution in [2.45, 2.75) is 18.3 Å². The zero-order valence-electron chi connectivity index (χ0n) is 8.71. The van der Waals surface area contributed by atoms with Crippen LogP contribution in [0.4, 0.5) is 4.39 Å². The molecule has 0 bridgehead atoms. The fourth-order valence-corrected chi connectivity index (χ4v) is 1.64. The molecule has 2 nitrogen and oxygen atoms in total. The number of hydrogen-bond acceptors (Lipinski definition) is 1. The van der Waals surface area contributed by atoms with E-state index in [0.717, 1.165) is 5.56 Å². The van der Waals surface area contributed by atoms with E-state index >= 15 is 0 Å². The van der Waals surface area contributed by atoms with Crippen molar-refractivity contribution in [1.82, 2.24) is 4.90 Å². The van der Waals surface area contributed by atoms with Crippen LogP contribution in [-0.2, 0) is 11.3 Å². The molecule has 0 radical (unpaired) electrons. The van der Waals surface area contributed by atoms with Crippen LogP contribution in [0.3, 0.4) is 0 Å². The van der Waals surface area contributed by atoms with Crippen LogP contribution in [0.5, 0.6) is 0 Å². The summed E-state index contributed by atoms with van der Waals surface area (Å²) in [5.41, 5.74) is 0.791. The van der Waals surface area contributed by atoms with Crippen LogP contribution >= 0.6 is 15.9 Å². The molecule has 1 aromatic carbocycles. The van der Waals surface area contributed by atoms with E-state index < -0.39 is 0 Å². The maximum Gasteiger partial charge on any atom is 0.236 e. The number of amides is 1. The van der Waals surface area contributed by atoms with Crippen LogP contribution in [0, 0.1) is 5.82 Å². The third-order valence-corrected chi connectivity index (χ3v) is 2.42. The maximum atomic E-state index is 12.9. The molecule has 0 spiro atoms. The fraction of sp³-hybridized carbons (Fsp3) is 0.364. The summed E-state index contributed by atoms with van der Waals surface area (Å²) < 4.78 is 12.9. The molecule has 0 saturated carbocycles. The summed E-state index contributed by atoms with van der Waals surface area (Å²) in [5, 5.41) is 0. The molecule has 4 heteroatoms. The first kappa shape index (κ1) is 12.2. The van der Waals surface area contributed by atoms with E-state index in [1.165, 1.54) is 12.1 Å². The van der Waals surface area contributed by atoms with Gasteiger partial charge in [-0.1, -0.05) is 28.1 Å². The second kappa shape index (κ2) is 5.26. The molecule has 1 rings (SSSR count). The summed E-state index contributed by atoms with van der Waals surface area (Å²) in [6.07, 6.45) is 0. The second-order valence-corrected chi connectivity index (χ2v) is 4.81. The van der Waals surface area contributed by atoms with E-state index in [2.05, 4.69) is 15.9 Å². The molecule has 0 saturated heterocycles. The van der Waals surface area contributed by atoms with E-state index in [4.69, 9.17) is 0 Å². The van der Waals surface area contributed by atoms with Crippen molar-refractivity contribution >= 4 is 21.8 Å². The highest BCUT2D eigenvalue weighted by atomic mass is 79.9. The monoisotopic (exact) mass is 273 g/mol. The van der Waals surface area contributed by atoms with Gasteiger partial charge in [-0.2, -0.15) is 0 Å². The average molecular weight is 274 g/mol. The summed E-state index contributed by atoms with van der Waals surface area (Å²) in [7, 11) is 1.70. The van der Waals surface area contributed by atoms with Crippen LogP contribution in [0.2, 0.25) is 0 Å². The van der Waals surface area contributed by atoms with E-state index in [-0.39, 0.29) is 16.6 Å². The van der Waals surface area contributed by atoms with Gasteiger partial charge < -0.3 is 4.90 Å². The Bertz CT molecular complexity index is 354. The van der Waals surface area contributed by atoms with Gasteiger partial charge in [-0.15, -0.1) is 0 Å². The summed E-state index contributed by atoms with van der Waals surface area (Å²) in [6.45, 7) is 2.19. The Hall–Kier alpha value is -0.900. The molecule has 0 fully saturated rings. The van der Waals surface area contributed by atoms with Gasteiger partial charge >= 0.3 is 0 Å². The molecule has 0 aliphatic carbocycles. The van der Waals surface area contributed by atoms with Crippen LogP contribution in [0.1, 0.15) is 12.5 Å². The van der Waals surface area contributed by atoms with Crippen LogP contribution in [0.25, 0.3) is 0 Å². The molecule has 0 heterocycles. The number of alkyl halides is 1. The van der Waals surface area contributed by atoms with Gasteiger partial charge in [-0.05, 0) is 24.6 Å². The Labute approximate surface area is 97.2 Å². The van der Waals surface area contributed by atoms with Crippen LogP contribution < -0.4 is 0 Å². The Morgan fingerprint density at radius 1 is 1.60 bits per heavy atom. The summed E-state index contributed by atoms with van der Waals surface area (Å²) in [4.78, 5) is 12.9. The van der Waals surface area contributed by atoms with Crippen LogP contribution in [-0.4, -0.2) is 22.7 Å². The summed E-state index contributed by atoms with van der Waals surface area (Å²) in [6, 6.07) is 6.26. The van der Waals surface area contributed by atoms with Gasteiger partial charge in [0.1, 0.15) is 5.82 Å². The van der Waals surface area contributed by atoms with E-state index in [1.807, 2.05) is 0 Å². The number of hydrogen-bond donors (Lipinski definition) is 0. The highest BCUT2D eigenvalue weighted by molar-refractivity contribution is 9.10. The minimum absolute atomic E-state index is 0.0146. The minimum Gasteiger partial charge on any atom is -0.340 e. The third kappa shape index (κ3) is 3.63. The topological polar surface area (TPSA) is 20.3 Å². The number of nitrogens with zero attached hydrogens (tertiary/aromatic N) is 1. The molecule has 0 aromatic heterocycles. The first-order chi connectivity index (χ1) is 7.00. The van der Waals surface area contributed by atoms with Gasteiger partial charge in [-0.3, -0.25) is 4.79 Å². The van der Waals surface area contributed by atoms with Crippen LogP contribution in [0.15, 0.2) is 24.3 Å². The summed E-state index contributed by atoms with van der Waals surface area (Å²) >= 11 is 3.20. The number of benzene rings is 1. The third-order valence-electron chi connectivity index (χ3n) is 2.03. The number of carbonyl (C=O) groups is 1. The molecule has 0 aliphatic rings. The lowest BCUT2D eigenvalue weighted by atomic mass is 10.2. The quantitative estimate of drug-likeness (QED) is 0.776. The maximum absolute atomic E-state index is 12.9. The fourth-order valence-electron chi connectivity index (χ4n) is 1.29. The van der Waals surface area contributed by atoms with E-state index in [9.17, 15) is 9.18 Å². The molecular formula is C11H13BrFNO. The van der Waals surface area contributed by atoms with Crippen molar-refractivity contribution in [3.8, 4) is 0 Å². The molecular weight excluding hydrogens is 261 g/mol. The molecule has 1 amide bonds. The molecule has 0 aliphatic heterocycles. The molecule has 0 N–H and O–H groups in total. The van der Waals surface area contributed by atoms with Gasteiger partial charge in [0, 0.05) is 13.6 Å². The number of rotatable bonds is 3. The van der Waals surface area contributed by atoms with E-state index in [0.29, 0.717) is 6.54 Å². The average Bonchev–Trinajstić information content (AvgIpc) is 2.16. The SMILES string of the molecule is CC(Br)C(=O)N(C)Cc1cccc(F)c1. The molecule has 82 valence electrons. The zero-order chi connectivity index (χ0) is 11.4. The van der Waals surface area contributed by atoms with Crippen molar-refractivity contribution in [3.05, 3.63) is 35.6 Å². The number of halogens is 2. The molecule has 1 atom stereocenters. The molecule has 1 unspecified atom stereocenters. The van der Waals surface area contributed by atoms with Gasteiger partial charge in [0.2, 0.25) is 5.91 Å². The number of carbonyl (C=O) groups excluding carboxylic acids is 1. The lowest BCUT2D eigenvalue weighted by Crippen LogP contribution is -2.31. The molecule has 1 aromatic rings. The van der Waals surface area contributed by atoms with Crippen molar-refractivity contribution in [3.63, 3.8) is 0 Å². The summed E-state index contributed by atoms with van der Waals surface area (Å²) in [5.74, 6) is -0.292. The van der Waals surface area contributed by atoms with Crippen molar-refractivity contribution in [2.24, 2.45) is 0 Å². The Morgan fingerprint density at radius 3 is 2.80 bits per heavy atom. The lowest BCUT2D eigenvalue weighted by Gasteiger charge is -2.18. The van der Waals surface area contributed by atoms with Gasteiger partial charge in [-0.25, -0.2) is 4.39 Å². The Morgan fingerprint density at radius 2 is 2.27 bits per heavy atom. The highest BCUT2D eigenvalue weighted by Crippen LogP contribution is 2.09. The van der Waals surface area contributed by atoms with Crippen molar-refractivity contribution in [1.29, 1.82) is 0 Å². The Kier molecular flexibility index (Phi) is 4.27. The van der Waals surface area contributed by atoms with Gasteiger partial charge in [0.15, 0.2) is 0 Å². The van der Waals surface area contributed by atoms with Crippen molar-refractivity contribution < 1.29 is 9.18 Å². The minimum atomic E-state index is -0.278. The highest BCUT2D eigenvalue weighted by Gasteiger charge is 2.14. The first-order valence-electron chi connectivity index (χ1n) is 4.64. The standard InChI is InChI=1S/C11H13BrFNO/c1-8(12)11(15)14(2)7-9-4-3-5-10(13)6-9/h3-6,8H,7H2,1-2H3. The lowest BCUT2D eigenvalue weighted by molar-refractivity contribution is -0.129. The predicted octanol–water partition coefficient (Wildman–Crippen LogP) is 2.57. The molecule has 15 heavy (non-hydrogen) atoms. The predicted molar refractivity (Wildman–Crippen MR) is 61.3 cm³/mol.